The zero-order chi connectivity index (χ0) is 14.3. The molecular formula is C14H10F2N2O2. The first kappa shape index (κ1) is 12.5. The molecule has 0 saturated carbocycles. The molecule has 20 heavy (non-hydrogen) atoms. The summed E-state index contributed by atoms with van der Waals surface area (Å²) in [5, 5.41) is 9.80. The van der Waals surface area contributed by atoms with E-state index in [2.05, 4.69) is 9.97 Å². The number of alkyl halides is 1. The molecule has 0 saturated heterocycles. The van der Waals surface area contributed by atoms with Crippen LogP contribution in [0.15, 0.2) is 47.8 Å². The molecule has 2 heterocycles. The van der Waals surface area contributed by atoms with Gasteiger partial charge in [0.25, 0.3) is 0 Å². The highest BCUT2D eigenvalue weighted by atomic mass is 19.1. The van der Waals surface area contributed by atoms with Gasteiger partial charge in [-0.3, -0.25) is 4.79 Å². The molecule has 0 radical (unpaired) electrons. The smallest absolute Gasteiger partial charge is 0.197 e. The van der Waals surface area contributed by atoms with Crippen molar-refractivity contribution in [1.29, 1.82) is 0 Å². The van der Waals surface area contributed by atoms with Gasteiger partial charge in [0.15, 0.2) is 11.6 Å². The summed E-state index contributed by atoms with van der Waals surface area (Å²) < 4.78 is 27.6. The molecule has 0 spiro atoms. The number of Topliss-reactive ketones (excluding diaryl/α,β-unsaturated/α-hetero) is 1. The number of hydrogen-bond acceptors (Lipinski definition) is 3. The van der Waals surface area contributed by atoms with Gasteiger partial charge in [-0.05, 0) is 18.2 Å². The van der Waals surface area contributed by atoms with E-state index in [-0.39, 0.29) is 12.0 Å². The van der Waals surface area contributed by atoms with Crippen molar-refractivity contribution in [1.82, 2.24) is 9.97 Å². The summed E-state index contributed by atoms with van der Waals surface area (Å²) in [5.41, 5.74) is -0.0480. The molecular weight excluding hydrogens is 266 g/mol. The summed E-state index contributed by atoms with van der Waals surface area (Å²) in [6.45, 7) is 0. The van der Waals surface area contributed by atoms with Crippen LogP contribution in [0.4, 0.5) is 8.78 Å². The summed E-state index contributed by atoms with van der Waals surface area (Å²) in [6, 6.07) is 3.26. The number of fused-ring (bicyclic) bond motifs is 1. The second kappa shape index (κ2) is 4.56. The molecule has 6 heteroatoms. The van der Waals surface area contributed by atoms with Crippen LogP contribution in [0.1, 0.15) is 16.8 Å². The quantitative estimate of drug-likeness (QED) is 0.828. The number of rotatable bonds is 2. The number of allylic oxidation sites excluding steroid dienone is 3. The highest BCUT2D eigenvalue weighted by molar-refractivity contribution is 6.16. The Balaban J connectivity index is 2.13. The molecule has 3 rings (SSSR count). The number of aromatic nitrogens is 2. The third-order valence-electron chi connectivity index (χ3n) is 3.23. The van der Waals surface area contributed by atoms with Crippen molar-refractivity contribution in [3.8, 4) is 0 Å². The van der Waals surface area contributed by atoms with Crippen molar-refractivity contribution in [2.75, 3.05) is 0 Å². The van der Waals surface area contributed by atoms with Crippen molar-refractivity contribution in [3.63, 3.8) is 0 Å². The van der Waals surface area contributed by atoms with Crippen LogP contribution in [-0.2, 0) is 0 Å². The monoisotopic (exact) mass is 276 g/mol. The van der Waals surface area contributed by atoms with Gasteiger partial charge in [-0.25, -0.2) is 13.8 Å². The molecule has 1 unspecified atom stereocenters. The lowest BCUT2D eigenvalue weighted by molar-refractivity contribution is 0.101. The largest absolute Gasteiger partial charge is 0.505 e. The molecule has 0 bridgehead atoms. The Hall–Kier alpha value is -2.50. The average molecular weight is 276 g/mol. The molecule has 102 valence electrons. The number of hydrogen-bond donors (Lipinski definition) is 2. The molecule has 0 fully saturated rings. The maximum Gasteiger partial charge on any atom is 0.197 e. The summed E-state index contributed by atoms with van der Waals surface area (Å²) in [6.07, 6.45) is 1.94. The van der Waals surface area contributed by atoms with Gasteiger partial charge in [-0.15, -0.1) is 0 Å². The van der Waals surface area contributed by atoms with Crippen molar-refractivity contribution in [2.24, 2.45) is 0 Å². The number of pyridine rings is 1. The topological polar surface area (TPSA) is 66.0 Å². The van der Waals surface area contributed by atoms with Crippen LogP contribution >= 0.6 is 0 Å². The standard InChI is InChI=1S/C14H10F2N2O2/c15-9-3-4-10(19)12(16)11(9)13(20)8-6-18-14-7(8)2-1-5-17-14/h1-2,4-6,9,19H,3H2,(H,17,18). The fourth-order valence-electron chi connectivity index (χ4n) is 2.23. The fraction of sp³-hybridized carbons (Fsp3) is 0.143. The first-order valence-electron chi connectivity index (χ1n) is 5.99. The lowest BCUT2D eigenvalue weighted by Gasteiger charge is -2.15. The van der Waals surface area contributed by atoms with E-state index in [0.717, 1.165) is 6.08 Å². The zero-order valence-corrected chi connectivity index (χ0v) is 10.2. The Kier molecular flexibility index (Phi) is 2.85. The Morgan fingerprint density at radius 2 is 2.30 bits per heavy atom. The van der Waals surface area contributed by atoms with Crippen molar-refractivity contribution < 1.29 is 18.7 Å². The van der Waals surface area contributed by atoms with Gasteiger partial charge < -0.3 is 10.1 Å². The Morgan fingerprint density at radius 1 is 1.50 bits per heavy atom. The lowest BCUT2D eigenvalue weighted by atomic mass is 9.93. The predicted octanol–water partition coefficient (Wildman–Crippen LogP) is 3.15. The number of halogens is 2. The van der Waals surface area contributed by atoms with Crippen LogP contribution in [0.25, 0.3) is 11.0 Å². The minimum Gasteiger partial charge on any atom is -0.505 e. The summed E-state index contributed by atoms with van der Waals surface area (Å²) in [5.74, 6) is -2.68. The lowest BCUT2D eigenvalue weighted by Crippen LogP contribution is -2.19. The van der Waals surface area contributed by atoms with Crippen LogP contribution in [0.5, 0.6) is 0 Å². The van der Waals surface area contributed by atoms with Gasteiger partial charge >= 0.3 is 0 Å². The highest BCUT2D eigenvalue weighted by Crippen LogP contribution is 2.31. The number of carbonyl (C=O) groups is 1. The van der Waals surface area contributed by atoms with Crippen molar-refractivity contribution >= 4 is 16.8 Å². The van der Waals surface area contributed by atoms with E-state index in [1.807, 2.05) is 0 Å². The second-order valence-electron chi connectivity index (χ2n) is 4.45. The summed E-state index contributed by atoms with van der Waals surface area (Å²) in [4.78, 5) is 19.1. The molecule has 1 atom stereocenters. The number of aromatic amines is 1. The van der Waals surface area contributed by atoms with Crippen molar-refractivity contribution in [3.05, 3.63) is 53.3 Å². The van der Waals surface area contributed by atoms with Gasteiger partial charge in [-0.2, -0.15) is 0 Å². The van der Waals surface area contributed by atoms with Crippen LogP contribution in [-0.4, -0.2) is 27.0 Å². The van der Waals surface area contributed by atoms with E-state index in [9.17, 15) is 18.7 Å². The highest BCUT2D eigenvalue weighted by Gasteiger charge is 2.31. The van der Waals surface area contributed by atoms with E-state index in [1.54, 1.807) is 18.3 Å². The fourth-order valence-corrected chi connectivity index (χ4v) is 2.23. The molecule has 1 aliphatic carbocycles. The molecule has 0 aromatic carbocycles. The van der Waals surface area contributed by atoms with Gasteiger partial charge in [0.1, 0.15) is 17.6 Å². The molecule has 0 aliphatic heterocycles. The third-order valence-corrected chi connectivity index (χ3v) is 3.23. The first-order valence-corrected chi connectivity index (χ1v) is 5.99. The number of aliphatic hydroxyl groups excluding tert-OH is 1. The number of carbonyl (C=O) groups excluding carboxylic acids is 1. The van der Waals surface area contributed by atoms with Gasteiger partial charge in [0, 0.05) is 29.8 Å². The average Bonchev–Trinajstić information content (AvgIpc) is 2.87. The molecule has 1 aliphatic rings. The minimum atomic E-state index is -1.76. The molecule has 2 N–H and O–H groups in total. The third kappa shape index (κ3) is 1.80. The molecule has 0 amide bonds. The van der Waals surface area contributed by atoms with Crippen molar-refractivity contribution in [2.45, 2.75) is 12.6 Å². The predicted molar refractivity (Wildman–Crippen MR) is 68.8 cm³/mol. The van der Waals surface area contributed by atoms with Crippen LogP contribution in [0.2, 0.25) is 0 Å². The summed E-state index contributed by atoms with van der Waals surface area (Å²) in [7, 11) is 0. The number of aliphatic hydroxyl groups is 1. The molecule has 2 aromatic rings. The van der Waals surface area contributed by atoms with E-state index in [0.29, 0.717) is 11.0 Å². The first-order chi connectivity index (χ1) is 9.59. The number of nitrogens with one attached hydrogen (secondary N) is 1. The second-order valence-corrected chi connectivity index (χ2v) is 4.45. The van der Waals surface area contributed by atoms with Gasteiger partial charge in [0.05, 0.1) is 5.57 Å². The number of ketones is 1. The summed E-state index contributed by atoms with van der Waals surface area (Å²) >= 11 is 0. The molecule has 4 nitrogen and oxygen atoms in total. The maximum absolute atomic E-state index is 13.8. The molecule has 2 aromatic heterocycles. The van der Waals surface area contributed by atoms with Crippen LogP contribution in [0, 0.1) is 0 Å². The van der Waals surface area contributed by atoms with E-state index >= 15 is 0 Å². The van der Waals surface area contributed by atoms with Crippen LogP contribution in [0.3, 0.4) is 0 Å². The minimum absolute atomic E-state index is 0.135. The normalized spacial score (nSPS) is 19.3. The SMILES string of the molecule is O=C(C1=C(F)C(O)=CCC1F)c1c[nH]c2ncccc12. The van der Waals surface area contributed by atoms with E-state index < -0.39 is 29.1 Å². The number of H-pyrrole nitrogens is 1. The Bertz CT molecular complexity index is 761. The Labute approximate surface area is 112 Å². The number of nitrogens with zero attached hydrogens (tertiary/aromatic N) is 1. The Morgan fingerprint density at radius 3 is 3.10 bits per heavy atom. The van der Waals surface area contributed by atoms with E-state index in [1.165, 1.54) is 6.20 Å². The zero-order valence-electron chi connectivity index (χ0n) is 10.2. The maximum atomic E-state index is 13.8. The van der Waals surface area contributed by atoms with Gasteiger partial charge in [0.2, 0.25) is 0 Å². The van der Waals surface area contributed by atoms with Gasteiger partial charge in [-0.1, -0.05) is 0 Å². The van der Waals surface area contributed by atoms with Crippen LogP contribution < -0.4 is 0 Å². The van der Waals surface area contributed by atoms with E-state index in [4.69, 9.17) is 0 Å².